The summed E-state index contributed by atoms with van der Waals surface area (Å²) in [6, 6.07) is -3.96. The van der Waals surface area contributed by atoms with E-state index in [-0.39, 0.29) is 5.92 Å². The molecule has 0 heterocycles. The molecular formula is C19H38N4O12S. The zero-order valence-corrected chi connectivity index (χ0v) is 21.1. The van der Waals surface area contributed by atoms with Gasteiger partial charge in [-0.25, -0.2) is 0 Å². The van der Waals surface area contributed by atoms with Crippen molar-refractivity contribution in [2.75, 3.05) is 12.0 Å². The van der Waals surface area contributed by atoms with Crippen LogP contribution in [0.5, 0.6) is 0 Å². The summed E-state index contributed by atoms with van der Waals surface area (Å²) in [5.74, 6) is -5.94. The number of hydrogen-bond acceptors (Lipinski definition) is 11. The maximum atomic E-state index is 10.2. The van der Waals surface area contributed by atoms with E-state index >= 15 is 0 Å². The quantitative estimate of drug-likeness (QED) is 0.123. The Balaban J connectivity index is -0.000000190. The molecule has 0 spiro atoms. The number of carbonyl (C=O) groups is 6. The first-order valence-electron chi connectivity index (χ1n) is 10.2. The molecule has 0 aromatic heterocycles. The Morgan fingerprint density at radius 3 is 1.14 bits per heavy atom. The average molecular weight is 547 g/mol. The van der Waals surface area contributed by atoms with Gasteiger partial charge in [-0.05, 0) is 24.3 Å². The lowest BCUT2D eigenvalue weighted by atomic mass is 10.0. The van der Waals surface area contributed by atoms with Gasteiger partial charge in [-0.15, -0.1) is 0 Å². The van der Waals surface area contributed by atoms with Gasteiger partial charge in [0.05, 0.1) is 12.8 Å². The van der Waals surface area contributed by atoms with Crippen molar-refractivity contribution in [1.29, 1.82) is 0 Å². The van der Waals surface area contributed by atoms with Gasteiger partial charge in [0.15, 0.2) is 0 Å². The minimum absolute atomic E-state index is 0.0718. The molecule has 0 rings (SSSR count). The Labute approximate surface area is 212 Å². The van der Waals surface area contributed by atoms with Crippen LogP contribution in [0.25, 0.3) is 0 Å². The number of carboxylic acid groups (broad SMARTS) is 6. The van der Waals surface area contributed by atoms with Crippen LogP contribution >= 0.6 is 11.8 Å². The zero-order valence-electron chi connectivity index (χ0n) is 20.3. The van der Waals surface area contributed by atoms with Gasteiger partial charge >= 0.3 is 35.8 Å². The van der Waals surface area contributed by atoms with Crippen LogP contribution in [0.2, 0.25) is 0 Å². The summed E-state index contributed by atoms with van der Waals surface area (Å²) in [6.07, 6.45) is 2.23. The summed E-state index contributed by atoms with van der Waals surface area (Å²) in [6.45, 7) is 3.76. The van der Waals surface area contributed by atoms with Gasteiger partial charge < -0.3 is 53.6 Å². The van der Waals surface area contributed by atoms with Crippen LogP contribution in [0.4, 0.5) is 0 Å². The van der Waals surface area contributed by atoms with Crippen LogP contribution in [0.3, 0.4) is 0 Å². The molecule has 212 valence electrons. The van der Waals surface area contributed by atoms with Gasteiger partial charge in [-0.2, -0.15) is 11.8 Å². The number of hydrogen-bond donors (Lipinski definition) is 10. The second-order valence-corrected chi connectivity index (χ2v) is 8.05. The highest BCUT2D eigenvalue weighted by molar-refractivity contribution is 7.98. The number of thioether (sulfide) groups is 1. The lowest BCUT2D eigenvalue weighted by Crippen LogP contribution is -2.36. The van der Waals surface area contributed by atoms with Gasteiger partial charge in [0.25, 0.3) is 0 Å². The minimum Gasteiger partial charge on any atom is -0.481 e. The van der Waals surface area contributed by atoms with Crippen molar-refractivity contribution < 1.29 is 59.4 Å². The number of nitrogens with two attached hydrogens (primary N) is 4. The van der Waals surface area contributed by atoms with E-state index < -0.39 is 72.8 Å². The van der Waals surface area contributed by atoms with E-state index in [0.29, 0.717) is 6.42 Å². The van der Waals surface area contributed by atoms with Crippen molar-refractivity contribution in [3.63, 3.8) is 0 Å². The van der Waals surface area contributed by atoms with Gasteiger partial charge in [0.1, 0.15) is 24.2 Å². The normalized spacial score (nSPS) is 13.8. The zero-order chi connectivity index (χ0) is 29.6. The standard InChI is InChI=1S/C6H13NO2.C5H11NO2S.2C4H7NO4/c1-3-4(2)5(7)6(8)9;1-9-3-2-4(6)5(7)8;2*5-2(4(8)9)1-3(6)7/h4-5H,3,7H2,1-2H3,(H,8,9);4H,2-3,6H2,1H3,(H,7,8);2*2H,1,5H2,(H,6,7)(H,8,9)/t4-,5-;4-;2*2-/m0000/s1. The molecule has 0 aromatic rings. The molecule has 0 aliphatic carbocycles. The van der Waals surface area contributed by atoms with E-state index in [1.807, 2.05) is 20.1 Å². The van der Waals surface area contributed by atoms with Crippen molar-refractivity contribution in [3.8, 4) is 0 Å². The summed E-state index contributed by atoms with van der Waals surface area (Å²) >= 11 is 1.60. The van der Waals surface area contributed by atoms with Gasteiger partial charge in [0.2, 0.25) is 0 Å². The fourth-order valence-corrected chi connectivity index (χ4v) is 1.91. The smallest absolute Gasteiger partial charge is 0.321 e. The number of rotatable bonds is 13. The monoisotopic (exact) mass is 546 g/mol. The van der Waals surface area contributed by atoms with E-state index in [1.54, 1.807) is 11.8 Å². The van der Waals surface area contributed by atoms with Crippen molar-refractivity contribution in [2.24, 2.45) is 28.9 Å². The predicted molar refractivity (Wildman–Crippen MR) is 129 cm³/mol. The predicted octanol–water partition coefficient (Wildman–Crippen LogP) is -1.66. The van der Waals surface area contributed by atoms with Crippen LogP contribution < -0.4 is 22.9 Å². The Bertz CT molecular complexity index is 663. The second kappa shape index (κ2) is 23.7. The molecule has 14 N–H and O–H groups in total. The first-order chi connectivity index (χ1) is 16.3. The van der Waals surface area contributed by atoms with Crippen molar-refractivity contribution in [2.45, 2.75) is 63.7 Å². The summed E-state index contributed by atoms with van der Waals surface area (Å²) in [7, 11) is 0. The highest BCUT2D eigenvalue weighted by Gasteiger charge is 2.17. The molecule has 0 aliphatic rings. The molecule has 0 radical (unpaired) electrons. The maximum Gasteiger partial charge on any atom is 0.321 e. The third kappa shape index (κ3) is 29.0. The molecule has 0 unspecified atom stereocenters. The molecule has 0 aliphatic heterocycles. The molecule has 36 heavy (non-hydrogen) atoms. The SMILES string of the molecule is CC[C@H](C)[C@H](N)C(=O)O.CSCC[C@H](N)C(=O)O.N[C@@H](CC(=O)O)C(=O)O.N[C@@H](CC(=O)O)C(=O)O. The van der Waals surface area contributed by atoms with E-state index in [0.717, 1.165) is 12.2 Å². The van der Waals surface area contributed by atoms with Crippen molar-refractivity contribution in [1.82, 2.24) is 0 Å². The third-order valence-corrected chi connectivity index (χ3v) is 4.56. The second-order valence-electron chi connectivity index (χ2n) is 7.06. The topological polar surface area (TPSA) is 328 Å². The van der Waals surface area contributed by atoms with E-state index in [4.69, 9.17) is 53.6 Å². The van der Waals surface area contributed by atoms with Crippen LogP contribution in [0.1, 0.15) is 39.5 Å². The fourth-order valence-electron chi connectivity index (χ4n) is 1.42. The van der Waals surface area contributed by atoms with Gasteiger partial charge in [-0.3, -0.25) is 28.8 Å². The molecule has 0 fully saturated rings. The molecular weight excluding hydrogens is 508 g/mol. The minimum atomic E-state index is -1.29. The van der Waals surface area contributed by atoms with Gasteiger partial charge in [0, 0.05) is 0 Å². The summed E-state index contributed by atoms with van der Waals surface area (Å²) in [4.78, 5) is 59.5. The first kappa shape index (κ1) is 40.2. The van der Waals surface area contributed by atoms with Crippen LogP contribution in [-0.2, 0) is 28.8 Å². The summed E-state index contributed by atoms with van der Waals surface area (Å²) in [5, 5.41) is 48.7. The van der Waals surface area contributed by atoms with E-state index in [9.17, 15) is 28.8 Å². The molecule has 0 saturated carbocycles. The lowest BCUT2D eigenvalue weighted by Gasteiger charge is -2.11. The Hall–Kier alpha value is -2.99. The Kier molecular flexibility index (Phi) is 26.5. The fraction of sp³-hybridized carbons (Fsp3) is 0.684. The molecule has 0 amide bonds. The molecule has 17 heteroatoms. The maximum absolute atomic E-state index is 10.2. The van der Waals surface area contributed by atoms with Crippen molar-refractivity contribution in [3.05, 3.63) is 0 Å². The van der Waals surface area contributed by atoms with Crippen LogP contribution in [0.15, 0.2) is 0 Å². The summed E-state index contributed by atoms with van der Waals surface area (Å²) < 4.78 is 0. The highest BCUT2D eigenvalue weighted by atomic mass is 32.2. The molecule has 0 bridgehead atoms. The van der Waals surface area contributed by atoms with E-state index in [1.165, 1.54) is 0 Å². The van der Waals surface area contributed by atoms with Crippen LogP contribution in [-0.4, -0.2) is 103 Å². The van der Waals surface area contributed by atoms with E-state index in [2.05, 4.69) is 0 Å². The van der Waals surface area contributed by atoms with Crippen LogP contribution in [0, 0.1) is 5.92 Å². The Morgan fingerprint density at radius 1 is 0.667 bits per heavy atom. The van der Waals surface area contributed by atoms with Crippen molar-refractivity contribution >= 4 is 47.6 Å². The van der Waals surface area contributed by atoms with Gasteiger partial charge in [-0.1, -0.05) is 20.3 Å². The molecule has 5 atom stereocenters. The number of carboxylic acids is 6. The molecule has 16 nitrogen and oxygen atoms in total. The third-order valence-electron chi connectivity index (χ3n) is 3.92. The molecule has 0 aromatic carbocycles. The first-order valence-corrected chi connectivity index (χ1v) is 11.6. The highest BCUT2D eigenvalue weighted by Crippen LogP contribution is 2.04. The average Bonchev–Trinajstić information content (AvgIpc) is 2.76. The largest absolute Gasteiger partial charge is 0.481 e. The number of aliphatic carboxylic acids is 6. The lowest BCUT2D eigenvalue weighted by molar-refractivity contribution is -0.144. The Morgan fingerprint density at radius 2 is 1.00 bits per heavy atom. The molecule has 0 saturated heterocycles. The summed E-state index contributed by atoms with van der Waals surface area (Å²) in [5.41, 5.74) is 20.1.